The van der Waals surface area contributed by atoms with Gasteiger partial charge in [0, 0.05) is 13.1 Å². The molecule has 1 heterocycles. The first kappa shape index (κ1) is 16.8. The second-order valence-electron chi connectivity index (χ2n) is 6.12. The Morgan fingerprint density at radius 1 is 1.27 bits per heavy atom. The molecule has 1 aromatic carbocycles. The minimum atomic E-state index is -3.50. The van der Waals surface area contributed by atoms with E-state index in [4.69, 9.17) is 0 Å². The molecular weight excluding hydrogens is 300 g/mol. The lowest BCUT2D eigenvalue weighted by molar-refractivity contribution is -0.130. The summed E-state index contributed by atoms with van der Waals surface area (Å²) in [6.45, 7) is 5.33. The number of carbonyl (C=O) groups is 1. The van der Waals surface area contributed by atoms with Gasteiger partial charge in [-0.25, -0.2) is 8.42 Å². The van der Waals surface area contributed by atoms with E-state index < -0.39 is 10.0 Å². The van der Waals surface area contributed by atoms with Crippen LogP contribution in [0.2, 0.25) is 0 Å². The predicted molar refractivity (Wildman–Crippen MR) is 88.3 cm³/mol. The van der Waals surface area contributed by atoms with Crippen LogP contribution in [0.5, 0.6) is 0 Å². The van der Waals surface area contributed by atoms with Crippen LogP contribution in [0, 0.1) is 12.8 Å². The first-order valence-corrected chi connectivity index (χ1v) is 9.45. The predicted octanol–water partition coefficient (Wildman–Crippen LogP) is 2.02. The van der Waals surface area contributed by atoms with Gasteiger partial charge in [0.15, 0.2) is 0 Å². The zero-order valence-electron chi connectivity index (χ0n) is 13.4. The molecule has 1 saturated heterocycles. The van der Waals surface area contributed by atoms with Gasteiger partial charge >= 0.3 is 0 Å². The lowest BCUT2D eigenvalue weighted by Crippen LogP contribution is -2.45. The van der Waals surface area contributed by atoms with Gasteiger partial charge < -0.3 is 4.90 Å². The molecule has 0 atom stereocenters. The number of hydrogen-bond acceptors (Lipinski definition) is 3. The summed E-state index contributed by atoms with van der Waals surface area (Å²) in [5, 5.41) is 0. The summed E-state index contributed by atoms with van der Waals surface area (Å²) in [4.78, 5) is 14.2. The summed E-state index contributed by atoms with van der Waals surface area (Å²) in [7, 11) is -3.50. The van der Waals surface area contributed by atoms with E-state index in [1.54, 1.807) is 17.0 Å². The third kappa shape index (κ3) is 4.00. The van der Waals surface area contributed by atoms with Crippen molar-refractivity contribution in [3.8, 4) is 0 Å². The summed E-state index contributed by atoms with van der Waals surface area (Å²) in [5.74, 6) is 0.506. The van der Waals surface area contributed by atoms with Crippen LogP contribution in [0.4, 0.5) is 5.69 Å². The summed E-state index contributed by atoms with van der Waals surface area (Å²) in [6.07, 6.45) is 3.11. The van der Waals surface area contributed by atoms with Crippen LogP contribution in [0.3, 0.4) is 0 Å². The Kier molecular flexibility index (Phi) is 5.11. The molecule has 2 rings (SSSR count). The molecule has 6 heteroatoms. The molecule has 0 aliphatic carbocycles. The largest absolute Gasteiger partial charge is 0.341 e. The zero-order valence-corrected chi connectivity index (χ0v) is 14.3. The smallest absolute Gasteiger partial charge is 0.243 e. The number of anilines is 1. The van der Waals surface area contributed by atoms with Crippen LogP contribution < -0.4 is 4.31 Å². The van der Waals surface area contributed by atoms with Crippen molar-refractivity contribution < 1.29 is 13.2 Å². The summed E-state index contributed by atoms with van der Waals surface area (Å²) in [5.41, 5.74) is 1.41. The SMILES string of the molecule is Cc1ccccc1N(CC(=O)N1CCC(C)CC1)S(C)(=O)=O. The third-order valence-corrected chi connectivity index (χ3v) is 5.33. The van der Waals surface area contributed by atoms with E-state index in [-0.39, 0.29) is 12.5 Å². The molecule has 0 radical (unpaired) electrons. The van der Waals surface area contributed by atoms with Gasteiger partial charge in [-0.2, -0.15) is 0 Å². The van der Waals surface area contributed by atoms with Crippen LogP contribution in [0.25, 0.3) is 0 Å². The van der Waals surface area contributed by atoms with Crippen molar-refractivity contribution in [2.24, 2.45) is 5.92 Å². The van der Waals surface area contributed by atoms with Gasteiger partial charge in [0.05, 0.1) is 11.9 Å². The lowest BCUT2D eigenvalue weighted by atomic mass is 9.99. The molecule has 22 heavy (non-hydrogen) atoms. The molecule has 5 nitrogen and oxygen atoms in total. The lowest BCUT2D eigenvalue weighted by Gasteiger charge is -2.32. The van der Waals surface area contributed by atoms with E-state index in [9.17, 15) is 13.2 Å². The van der Waals surface area contributed by atoms with E-state index >= 15 is 0 Å². The van der Waals surface area contributed by atoms with Crippen molar-refractivity contribution in [1.82, 2.24) is 4.90 Å². The summed E-state index contributed by atoms with van der Waals surface area (Å²) in [6, 6.07) is 7.23. The molecule has 1 aromatic rings. The highest BCUT2D eigenvalue weighted by Crippen LogP contribution is 2.23. The molecular formula is C16H24N2O3S. The zero-order chi connectivity index (χ0) is 16.3. The highest BCUT2D eigenvalue weighted by molar-refractivity contribution is 7.92. The fraction of sp³-hybridized carbons (Fsp3) is 0.562. The summed E-state index contributed by atoms with van der Waals surface area (Å²) >= 11 is 0. The second-order valence-corrected chi connectivity index (χ2v) is 8.03. The van der Waals surface area contributed by atoms with Crippen LogP contribution in [0.15, 0.2) is 24.3 Å². The molecule has 1 fully saturated rings. The number of piperidine rings is 1. The fourth-order valence-corrected chi connectivity index (χ4v) is 3.61. The highest BCUT2D eigenvalue weighted by atomic mass is 32.2. The third-order valence-electron chi connectivity index (χ3n) is 4.20. The van der Waals surface area contributed by atoms with Gasteiger partial charge in [-0.3, -0.25) is 9.10 Å². The van der Waals surface area contributed by atoms with E-state index in [1.807, 2.05) is 19.1 Å². The summed E-state index contributed by atoms with van der Waals surface area (Å²) < 4.78 is 25.4. The van der Waals surface area contributed by atoms with Crippen molar-refractivity contribution in [2.75, 3.05) is 30.2 Å². The number of nitrogens with zero attached hydrogens (tertiary/aromatic N) is 2. The molecule has 0 N–H and O–H groups in total. The number of carbonyl (C=O) groups excluding carboxylic acids is 1. The maximum atomic E-state index is 12.5. The number of rotatable bonds is 4. The van der Waals surface area contributed by atoms with Gasteiger partial charge in [0.2, 0.25) is 15.9 Å². The monoisotopic (exact) mass is 324 g/mol. The number of likely N-dealkylation sites (tertiary alicyclic amines) is 1. The molecule has 1 amide bonds. The van der Waals surface area contributed by atoms with Gasteiger partial charge in [-0.1, -0.05) is 25.1 Å². The van der Waals surface area contributed by atoms with Crippen LogP contribution in [0.1, 0.15) is 25.3 Å². The maximum Gasteiger partial charge on any atom is 0.243 e. The minimum Gasteiger partial charge on any atom is -0.341 e. The number of hydrogen-bond donors (Lipinski definition) is 0. The fourth-order valence-electron chi connectivity index (χ4n) is 2.71. The Bertz CT molecular complexity index is 635. The first-order valence-electron chi connectivity index (χ1n) is 7.60. The quantitative estimate of drug-likeness (QED) is 0.851. The maximum absolute atomic E-state index is 12.5. The van der Waals surface area contributed by atoms with Crippen LogP contribution in [-0.2, 0) is 14.8 Å². The molecule has 0 saturated carbocycles. The first-order chi connectivity index (χ1) is 10.3. The van der Waals surface area contributed by atoms with Crippen molar-refractivity contribution in [3.63, 3.8) is 0 Å². The Hall–Kier alpha value is -1.56. The standard InChI is InChI=1S/C16H24N2O3S/c1-13-8-10-17(11-9-13)16(19)12-18(22(3,20)21)15-7-5-4-6-14(15)2/h4-7,13H,8-12H2,1-3H3. The van der Waals surface area contributed by atoms with E-state index in [0.29, 0.717) is 24.7 Å². The Morgan fingerprint density at radius 2 is 1.86 bits per heavy atom. The number of aryl methyl sites for hydroxylation is 1. The highest BCUT2D eigenvalue weighted by Gasteiger charge is 2.26. The Morgan fingerprint density at radius 3 is 2.41 bits per heavy atom. The Labute approximate surface area is 133 Å². The minimum absolute atomic E-state index is 0.124. The number of amides is 1. The molecule has 0 spiro atoms. The van der Waals surface area contributed by atoms with E-state index in [0.717, 1.165) is 24.7 Å². The number of para-hydroxylation sites is 1. The number of benzene rings is 1. The van der Waals surface area contributed by atoms with Gasteiger partial charge in [0.25, 0.3) is 0 Å². The van der Waals surface area contributed by atoms with Crippen molar-refractivity contribution in [3.05, 3.63) is 29.8 Å². The molecule has 1 aliphatic heterocycles. The van der Waals surface area contributed by atoms with Crippen molar-refractivity contribution in [2.45, 2.75) is 26.7 Å². The Balaban J connectivity index is 2.18. The molecule has 1 aliphatic rings. The number of sulfonamides is 1. The molecule has 0 unspecified atom stereocenters. The normalized spacial score (nSPS) is 16.6. The van der Waals surface area contributed by atoms with E-state index in [1.165, 1.54) is 4.31 Å². The molecule has 0 aromatic heterocycles. The van der Waals surface area contributed by atoms with Gasteiger partial charge in [-0.15, -0.1) is 0 Å². The van der Waals surface area contributed by atoms with Crippen molar-refractivity contribution in [1.29, 1.82) is 0 Å². The second kappa shape index (κ2) is 6.69. The van der Waals surface area contributed by atoms with Gasteiger partial charge in [-0.05, 0) is 37.3 Å². The van der Waals surface area contributed by atoms with Gasteiger partial charge in [0.1, 0.15) is 6.54 Å². The average molecular weight is 324 g/mol. The molecule has 0 bridgehead atoms. The van der Waals surface area contributed by atoms with E-state index in [2.05, 4.69) is 6.92 Å². The topological polar surface area (TPSA) is 57.7 Å². The van der Waals surface area contributed by atoms with Crippen LogP contribution in [-0.4, -0.2) is 45.1 Å². The molecule has 122 valence electrons. The average Bonchev–Trinajstić information content (AvgIpc) is 2.45. The van der Waals surface area contributed by atoms with Crippen LogP contribution >= 0.6 is 0 Å². The van der Waals surface area contributed by atoms with Crippen molar-refractivity contribution >= 4 is 21.6 Å².